The molecule has 3 heteroatoms. The van der Waals surface area contributed by atoms with Gasteiger partial charge in [-0.25, -0.2) is 9.37 Å². The van der Waals surface area contributed by atoms with Crippen LogP contribution in [0.5, 0.6) is 0 Å². The van der Waals surface area contributed by atoms with E-state index in [4.69, 9.17) is 5.73 Å². The van der Waals surface area contributed by atoms with E-state index >= 15 is 0 Å². The summed E-state index contributed by atoms with van der Waals surface area (Å²) in [5.74, 6) is 0.158. The molecule has 0 aliphatic heterocycles. The van der Waals surface area contributed by atoms with Crippen LogP contribution in [0, 0.1) is 5.82 Å². The van der Waals surface area contributed by atoms with Crippen LogP contribution in [0.1, 0.15) is 52.8 Å². The first-order valence-electron chi connectivity index (χ1n) is 5.50. The highest BCUT2D eigenvalue weighted by molar-refractivity contribution is 5.41. The molecule has 0 aliphatic rings. The molecule has 2 N–H and O–H groups in total. The molecular formula is C13H21FN2. The summed E-state index contributed by atoms with van der Waals surface area (Å²) in [6.07, 6.45) is 0. The largest absolute Gasteiger partial charge is 0.384 e. The van der Waals surface area contributed by atoms with Crippen molar-refractivity contribution in [3.05, 3.63) is 23.1 Å². The van der Waals surface area contributed by atoms with Crippen LogP contribution in [0.25, 0.3) is 0 Å². The van der Waals surface area contributed by atoms with Crippen molar-refractivity contribution in [2.75, 3.05) is 5.73 Å². The van der Waals surface area contributed by atoms with Crippen LogP contribution < -0.4 is 5.73 Å². The summed E-state index contributed by atoms with van der Waals surface area (Å²) in [4.78, 5) is 4.12. The fourth-order valence-corrected chi connectivity index (χ4v) is 1.59. The van der Waals surface area contributed by atoms with E-state index in [-0.39, 0.29) is 16.6 Å². The molecule has 0 atom stereocenters. The van der Waals surface area contributed by atoms with Gasteiger partial charge in [-0.05, 0) is 17.0 Å². The maximum absolute atomic E-state index is 14.3. The van der Waals surface area contributed by atoms with Crippen molar-refractivity contribution in [3.63, 3.8) is 0 Å². The molecule has 0 saturated heterocycles. The van der Waals surface area contributed by atoms with Crippen molar-refractivity contribution < 1.29 is 4.39 Å². The highest BCUT2D eigenvalue weighted by Gasteiger charge is 2.27. The maximum atomic E-state index is 14.3. The first kappa shape index (κ1) is 12.9. The van der Waals surface area contributed by atoms with Crippen LogP contribution in [0.15, 0.2) is 6.07 Å². The van der Waals surface area contributed by atoms with Crippen LogP contribution in [-0.4, -0.2) is 4.98 Å². The Morgan fingerprint density at radius 1 is 1.06 bits per heavy atom. The van der Waals surface area contributed by atoms with E-state index < -0.39 is 0 Å². The topological polar surface area (TPSA) is 38.9 Å². The minimum atomic E-state index is -0.334. The molecule has 0 amide bonds. The Morgan fingerprint density at radius 2 is 1.56 bits per heavy atom. The lowest BCUT2D eigenvalue weighted by Gasteiger charge is -2.25. The van der Waals surface area contributed by atoms with Gasteiger partial charge in [-0.3, -0.25) is 0 Å². The molecule has 0 unspecified atom stereocenters. The van der Waals surface area contributed by atoms with Crippen molar-refractivity contribution in [1.82, 2.24) is 4.98 Å². The van der Waals surface area contributed by atoms with E-state index in [1.807, 2.05) is 41.5 Å². The Hall–Kier alpha value is -1.12. The van der Waals surface area contributed by atoms with Gasteiger partial charge in [0.05, 0.1) is 5.69 Å². The molecule has 0 aromatic carbocycles. The second kappa shape index (κ2) is 3.72. The molecule has 16 heavy (non-hydrogen) atoms. The number of nitrogens with two attached hydrogens (primary N) is 1. The molecule has 0 bridgehead atoms. The van der Waals surface area contributed by atoms with Crippen molar-refractivity contribution in [1.29, 1.82) is 0 Å². The second-order valence-electron chi connectivity index (χ2n) is 6.26. The van der Waals surface area contributed by atoms with Gasteiger partial charge in [0, 0.05) is 5.41 Å². The molecule has 90 valence electrons. The highest BCUT2D eigenvalue weighted by Crippen LogP contribution is 2.32. The third kappa shape index (κ3) is 2.52. The predicted molar refractivity (Wildman–Crippen MR) is 66.0 cm³/mol. The summed E-state index contributed by atoms with van der Waals surface area (Å²) in [5, 5.41) is 0. The summed E-state index contributed by atoms with van der Waals surface area (Å²) in [7, 11) is 0. The smallest absolute Gasteiger partial charge is 0.149 e. The highest BCUT2D eigenvalue weighted by atomic mass is 19.1. The molecule has 1 rings (SSSR count). The van der Waals surface area contributed by atoms with Gasteiger partial charge in [0.15, 0.2) is 0 Å². The van der Waals surface area contributed by atoms with Crippen molar-refractivity contribution >= 4 is 5.82 Å². The Balaban J connectivity index is 3.51. The van der Waals surface area contributed by atoms with E-state index in [9.17, 15) is 4.39 Å². The van der Waals surface area contributed by atoms with Crippen LogP contribution in [0.2, 0.25) is 0 Å². The van der Waals surface area contributed by atoms with Crippen LogP contribution in [0.3, 0.4) is 0 Å². The van der Waals surface area contributed by atoms with Crippen molar-refractivity contribution in [3.8, 4) is 0 Å². The molecule has 0 fully saturated rings. The average molecular weight is 224 g/mol. The molecule has 2 nitrogen and oxygen atoms in total. The number of anilines is 1. The minimum absolute atomic E-state index is 0.228. The quantitative estimate of drug-likeness (QED) is 0.733. The van der Waals surface area contributed by atoms with Gasteiger partial charge in [-0.1, -0.05) is 41.5 Å². The van der Waals surface area contributed by atoms with Gasteiger partial charge in [0.1, 0.15) is 11.6 Å². The summed E-state index contributed by atoms with van der Waals surface area (Å²) < 4.78 is 14.3. The van der Waals surface area contributed by atoms with E-state index in [1.54, 1.807) is 6.07 Å². The zero-order valence-corrected chi connectivity index (χ0v) is 11.0. The van der Waals surface area contributed by atoms with Crippen molar-refractivity contribution in [2.24, 2.45) is 0 Å². The number of nitrogens with zero attached hydrogens (tertiary/aromatic N) is 1. The molecule has 1 aromatic heterocycles. The molecule has 0 saturated carbocycles. The minimum Gasteiger partial charge on any atom is -0.384 e. The zero-order chi connectivity index (χ0) is 12.7. The molecule has 0 spiro atoms. The van der Waals surface area contributed by atoms with E-state index in [0.717, 1.165) is 0 Å². The monoisotopic (exact) mass is 224 g/mol. The first-order valence-corrected chi connectivity index (χ1v) is 5.50. The molecule has 0 aliphatic carbocycles. The van der Waals surface area contributed by atoms with Gasteiger partial charge in [0.2, 0.25) is 0 Å². The first-order chi connectivity index (χ1) is 7.03. The van der Waals surface area contributed by atoms with Crippen LogP contribution >= 0.6 is 0 Å². The van der Waals surface area contributed by atoms with E-state index in [2.05, 4.69) is 4.98 Å². The Labute approximate surface area is 97.1 Å². The lowest BCUT2D eigenvalue weighted by Crippen LogP contribution is -2.22. The maximum Gasteiger partial charge on any atom is 0.149 e. The zero-order valence-electron chi connectivity index (χ0n) is 11.0. The van der Waals surface area contributed by atoms with Gasteiger partial charge in [-0.15, -0.1) is 0 Å². The Bertz CT molecular complexity index is 362. The number of hydrogen-bond acceptors (Lipinski definition) is 2. The summed E-state index contributed by atoms with van der Waals surface area (Å²) >= 11 is 0. The standard InChI is InChI=1S/C13H21FN2/c1-12(2,3)8-7-9(15)16-11(10(8)14)13(4,5)6/h7H,1-6H3,(H2,15,16). The summed E-state index contributed by atoms with van der Waals surface area (Å²) in [6, 6.07) is 1.63. The van der Waals surface area contributed by atoms with Crippen LogP contribution in [-0.2, 0) is 10.8 Å². The predicted octanol–water partition coefficient (Wildman–Crippen LogP) is 3.40. The van der Waals surface area contributed by atoms with Gasteiger partial charge < -0.3 is 5.73 Å². The molecular weight excluding hydrogens is 203 g/mol. The summed E-state index contributed by atoms with van der Waals surface area (Å²) in [5.41, 5.74) is 6.22. The van der Waals surface area contributed by atoms with E-state index in [1.165, 1.54) is 0 Å². The Morgan fingerprint density at radius 3 is 1.94 bits per heavy atom. The number of rotatable bonds is 0. The van der Waals surface area contributed by atoms with Gasteiger partial charge >= 0.3 is 0 Å². The van der Waals surface area contributed by atoms with E-state index in [0.29, 0.717) is 17.1 Å². The lowest BCUT2D eigenvalue weighted by atomic mass is 9.83. The van der Waals surface area contributed by atoms with Gasteiger partial charge in [-0.2, -0.15) is 0 Å². The van der Waals surface area contributed by atoms with Crippen LogP contribution in [0.4, 0.5) is 10.2 Å². The number of halogens is 1. The number of aromatic nitrogens is 1. The summed E-state index contributed by atoms with van der Waals surface area (Å²) in [6.45, 7) is 11.7. The normalized spacial score (nSPS) is 12.9. The molecule has 0 radical (unpaired) electrons. The fourth-order valence-electron chi connectivity index (χ4n) is 1.59. The third-order valence-electron chi connectivity index (χ3n) is 2.50. The molecule has 1 aromatic rings. The average Bonchev–Trinajstić information content (AvgIpc) is 2.04. The lowest BCUT2D eigenvalue weighted by molar-refractivity contribution is 0.468. The number of nitrogen functional groups attached to an aromatic ring is 1. The number of pyridine rings is 1. The second-order valence-corrected chi connectivity index (χ2v) is 6.26. The third-order valence-corrected chi connectivity index (χ3v) is 2.50. The fraction of sp³-hybridized carbons (Fsp3) is 0.615. The SMILES string of the molecule is CC(C)(C)c1cc(N)nc(C(C)(C)C)c1F. The molecule has 1 heterocycles. The Kier molecular flexibility index (Phi) is 3.01. The number of hydrogen-bond donors (Lipinski definition) is 1. The van der Waals surface area contributed by atoms with Gasteiger partial charge in [0.25, 0.3) is 0 Å². The van der Waals surface area contributed by atoms with Crippen molar-refractivity contribution in [2.45, 2.75) is 52.4 Å².